The van der Waals surface area contributed by atoms with Crippen LogP contribution in [0.1, 0.15) is 33.1 Å². The number of aliphatic hydroxyl groups excluding tert-OH is 1. The summed E-state index contributed by atoms with van der Waals surface area (Å²) in [6, 6.07) is 0. The maximum Gasteiger partial charge on any atom is 0.220 e. The van der Waals surface area contributed by atoms with Crippen LogP contribution in [0.25, 0.3) is 0 Å². The summed E-state index contributed by atoms with van der Waals surface area (Å²) < 4.78 is 0. The standard InChI is InChI=1S/C13H26N2O3S/c1-13(2,10-16)9-12(18)15-7-6-14-11(17)5-4-8-19-3/h16H,4-10H2,1-3H3,(H,14,17)(H,15,18). The van der Waals surface area contributed by atoms with E-state index in [1.54, 1.807) is 11.8 Å². The third-order valence-electron chi connectivity index (χ3n) is 2.59. The normalized spacial score (nSPS) is 11.2. The number of amides is 2. The monoisotopic (exact) mass is 290 g/mol. The van der Waals surface area contributed by atoms with Crippen LogP contribution < -0.4 is 10.6 Å². The number of hydrogen-bond donors (Lipinski definition) is 3. The van der Waals surface area contributed by atoms with Crippen LogP contribution in [0, 0.1) is 5.41 Å². The molecule has 2 amide bonds. The van der Waals surface area contributed by atoms with E-state index in [2.05, 4.69) is 10.6 Å². The molecule has 0 aliphatic heterocycles. The summed E-state index contributed by atoms with van der Waals surface area (Å²) in [7, 11) is 0. The van der Waals surface area contributed by atoms with Gasteiger partial charge in [0.05, 0.1) is 0 Å². The summed E-state index contributed by atoms with van der Waals surface area (Å²) in [6.45, 7) is 4.52. The van der Waals surface area contributed by atoms with Crippen molar-refractivity contribution in [3.05, 3.63) is 0 Å². The van der Waals surface area contributed by atoms with Crippen molar-refractivity contribution in [2.75, 3.05) is 31.7 Å². The zero-order valence-corrected chi connectivity index (χ0v) is 12.9. The van der Waals surface area contributed by atoms with Crippen molar-refractivity contribution >= 4 is 23.6 Å². The molecule has 3 N–H and O–H groups in total. The Bertz CT molecular complexity index is 283. The molecule has 0 atom stereocenters. The fraction of sp³-hybridized carbons (Fsp3) is 0.846. The van der Waals surface area contributed by atoms with Crippen LogP contribution in [0.4, 0.5) is 0 Å². The van der Waals surface area contributed by atoms with E-state index in [1.807, 2.05) is 20.1 Å². The molecule has 0 aromatic rings. The van der Waals surface area contributed by atoms with Gasteiger partial charge in [0.25, 0.3) is 0 Å². The van der Waals surface area contributed by atoms with E-state index in [1.165, 1.54) is 0 Å². The molecule has 0 heterocycles. The molecule has 0 rings (SSSR count). The van der Waals surface area contributed by atoms with Crippen LogP contribution in [0.2, 0.25) is 0 Å². The van der Waals surface area contributed by atoms with Crippen LogP contribution in [0.5, 0.6) is 0 Å². The molecule has 19 heavy (non-hydrogen) atoms. The van der Waals surface area contributed by atoms with E-state index in [0.717, 1.165) is 12.2 Å². The van der Waals surface area contributed by atoms with Gasteiger partial charge in [0.2, 0.25) is 11.8 Å². The van der Waals surface area contributed by atoms with Gasteiger partial charge in [-0.15, -0.1) is 0 Å². The third kappa shape index (κ3) is 10.8. The molecule has 0 radical (unpaired) electrons. The molecule has 0 aliphatic rings. The molecule has 0 saturated carbocycles. The van der Waals surface area contributed by atoms with Crippen molar-refractivity contribution in [1.82, 2.24) is 10.6 Å². The van der Waals surface area contributed by atoms with Gasteiger partial charge < -0.3 is 15.7 Å². The SMILES string of the molecule is CSCCCC(=O)NCCNC(=O)CC(C)(C)CO. The molecule has 0 aliphatic carbocycles. The first-order valence-corrected chi connectivity index (χ1v) is 7.94. The lowest BCUT2D eigenvalue weighted by atomic mass is 9.90. The number of hydrogen-bond acceptors (Lipinski definition) is 4. The lowest BCUT2D eigenvalue weighted by Crippen LogP contribution is -2.36. The minimum atomic E-state index is -0.398. The molecule has 6 heteroatoms. The largest absolute Gasteiger partial charge is 0.396 e. The van der Waals surface area contributed by atoms with E-state index >= 15 is 0 Å². The van der Waals surface area contributed by atoms with E-state index in [4.69, 9.17) is 5.11 Å². The summed E-state index contributed by atoms with van der Waals surface area (Å²) in [5.41, 5.74) is -0.398. The number of rotatable bonds is 10. The lowest BCUT2D eigenvalue weighted by Gasteiger charge is -2.20. The van der Waals surface area contributed by atoms with Crippen LogP contribution >= 0.6 is 11.8 Å². The van der Waals surface area contributed by atoms with Crippen molar-refractivity contribution in [3.63, 3.8) is 0 Å². The van der Waals surface area contributed by atoms with Gasteiger partial charge in [0.1, 0.15) is 0 Å². The minimum Gasteiger partial charge on any atom is -0.396 e. The fourth-order valence-electron chi connectivity index (χ4n) is 1.42. The number of nitrogens with one attached hydrogen (secondary N) is 2. The highest BCUT2D eigenvalue weighted by Crippen LogP contribution is 2.18. The average molecular weight is 290 g/mol. The van der Waals surface area contributed by atoms with Gasteiger partial charge in [-0.25, -0.2) is 0 Å². The van der Waals surface area contributed by atoms with E-state index in [-0.39, 0.29) is 24.8 Å². The quantitative estimate of drug-likeness (QED) is 0.519. The molecule has 0 bridgehead atoms. The van der Waals surface area contributed by atoms with Crippen molar-refractivity contribution in [1.29, 1.82) is 0 Å². The predicted molar refractivity (Wildman–Crippen MR) is 79.1 cm³/mol. The summed E-state index contributed by atoms with van der Waals surface area (Å²) in [6.07, 6.45) is 3.71. The molecule has 0 aromatic carbocycles. The fourth-order valence-corrected chi connectivity index (χ4v) is 1.86. The van der Waals surface area contributed by atoms with Gasteiger partial charge in [-0.3, -0.25) is 9.59 Å². The second-order valence-electron chi connectivity index (χ2n) is 5.30. The van der Waals surface area contributed by atoms with Gasteiger partial charge in [-0.1, -0.05) is 13.8 Å². The molecule has 0 unspecified atom stereocenters. The minimum absolute atomic E-state index is 0.0212. The van der Waals surface area contributed by atoms with Crippen molar-refractivity contribution in [2.24, 2.45) is 5.41 Å². The predicted octanol–water partition coefficient (Wildman–Crippen LogP) is 0.771. The molecular formula is C13H26N2O3S. The first-order chi connectivity index (χ1) is 8.91. The maximum absolute atomic E-state index is 11.5. The Morgan fingerprint density at radius 3 is 2.26 bits per heavy atom. The topological polar surface area (TPSA) is 78.4 Å². The zero-order chi connectivity index (χ0) is 14.7. The number of carbonyl (C=O) groups excluding carboxylic acids is 2. The first-order valence-electron chi connectivity index (χ1n) is 6.54. The Morgan fingerprint density at radius 2 is 1.74 bits per heavy atom. The van der Waals surface area contributed by atoms with E-state index in [0.29, 0.717) is 19.5 Å². The molecule has 0 spiro atoms. The lowest BCUT2D eigenvalue weighted by molar-refractivity contribution is -0.124. The smallest absolute Gasteiger partial charge is 0.220 e. The van der Waals surface area contributed by atoms with Crippen LogP contribution in [-0.2, 0) is 9.59 Å². The highest BCUT2D eigenvalue weighted by molar-refractivity contribution is 7.98. The first kappa shape index (κ1) is 18.2. The van der Waals surface area contributed by atoms with E-state index in [9.17, 15) is 9.59 Å². The number of carbonyl (C=O) groups is 2. The Balaban J connectivity index is 3.58. The number of aliphatic hydroxyl groups is 1. The van der Waals surface area contributed by atoms with Crippen molar-refractivity contribution in [3.8, 4) is 0 Å². The molecular weight excluding hydrogens is 264 g/mol. The van der Waals surface area contributed by atoms with Crippen LogP contribution in [0.3, 0.4) is 0 Å². The second kappa shape index (κ2) is 10.1. The Kier molecular flexibility index (Phi) is 9.69. The van der Waals surface area contributed by atoms with Gasteiger partial charge >= 0.3 is 0 Å². The van der Waals surface area contributed by atoms with Crippen molar-refractivity contribution < 1.29 is 14.7 Å². The highest BCUT2D eigenvalue weighted by atomic mass is 32.2. The second-order valence-corrected chi connectivity index (χ2v) is 6.28. The zero-order valence-electron chi connectivity index (χ0n) is 12.1. The third-order valence-corrected chi connectivity index (χ3v) is 3.29. The molecule has 0 fully saturated rings. The molecule has 5 nitrogen and oxygen atoms in total. The Morgan fingerprint density at radius 1 is 1.16 bits per heavy atom. The van der Waals surface area contributed by atoms with E-state index < -0.39 is 5.41 Å². The van der Waals surface area contributed by atoms with Gasteiger partial charge in [0.15, 0.2) is 0 Å². The molecule has 0 saturated heterocycles. The van der Waals surface area contributed by atoms with Gasteiger partial charge in [-0.2, -0.15) is 11.8 Å². The number of thioether (sulfide) groups is 1. The summed E-state index contributed by atoms with van der Waals surface area (Å²) in [5, 5.41) is 14.5. The van der Waals surface area contributed by atoms with Gasteiger partial charge in [0, 0.05) is 32.5 Å². The van der Waals surface area contributed by atoms with Crippen molar-refractivity contribution in [2.45, 2.75) is 33.1 Å². The maximum atomic E-state index is 11.5. The average Bonchev–Trinajstić information content (AvgIpc) is 2.34. The molecule has 112 valence electrons. The molecule has 0 aromatic heterocycles. The van der Waals surface area contributed by atoms with Gasteiger partial charge in [-0.05, 0) is 23.8 Å². The summed E-state index contributed by atoms with van der Waals surface area (Å²) >= 11 is 1.73. The summed E-state index contributed by atoms with van der Waals surface area (Å²) in [5.74, 6) is 0.912. The Labute approximate surface area is 119 Å². The summed E-state index contributed by atoms with van der Waals surface area (Å²) in [4.78, 5) is 22.9. The highest BCUT2D eigenvalue weighted by Gasteiger charge is 2.20. The van der Waals surface area contributed by atoms with Crippen LogP contribution in [-0.4, -0.2) is 48.6 Å². The Hall–Kier alpha value is -0.750. The van der Waals surface area contributed by atoms with Crippen LogP contribution in [0.15, 0.2) is 0 Å².